The monoisotopic (exact) mass is 435 g/mol. The molecule has 5 nitrogen and oxygen atoms in total. The third-order valence-electron chi connectivity index (χ3n) is 6.77. The molecule has 0 saturated heterocycles. The van der Waals surface area contributed by atoms with Gasteiger partial charge in [0.2, 0.25) is 0 Å². The summed E-state index contributed by atoms with van der Waals surface area (Å²) in [6, 6.07) is 9.63. The molecule has 3 unspecified atom stereocenters. The molecule has 31 heavy (non-hydrogen) atoms. The van der Waals surface area contributed by atoms with Gasteiger partial charge in [-0.2, -0.15) is 0 Å². The molecule has 1 saturated carbocycles. The predicted octanol–water partition coefficient (Wildman–Crippen LogP) is 5.08. The summed E-state index contributed by atoms with van der Waals surface area (Å²) in [5.41, 5.74) is 4.73. The Hall–Kier alpha value is -2.50. The molecule has 3 atom stereocenters. The number of amides is 1. The summed E-state index contributed by atoms with van der Waals surface area (Å²) in [6.07, 6.45) is 8.24. The van der Waals surface area contributed by atoms with Gasteiger partial charge in [0.1, 0.15) is 5.15 Å². The summed E-state index contributed by atoms with van der Waals surface area (Å²) in [5, 5.41) is 12.2. The van der Waals surface area contributed by atoms with Crippen molar-refractivity contribution in [1.82, 2.24) is 14.9 Å². The number of nitrogens with zero attached hydrogens (tertiary/aromatic N) is 3. The molecule has 3 aromatic rings. The number of hydrogen-bond donors (Lipinski definition) is 1. The number of benzene rings is 1. The molecule has 2 aliphatic rings. The van der Waals surface area contributed by atoms with Gasteiger partial charge in [0.25, 0.3) is 5.91 Å². The van der Waals surface area contributed by atoms with Crippen LogP contribution in [0.25, 0.3) is 10.9 Å². The normalized spacial score (nSPS) is 23.4. The lowest BCUT2D eigenvalue weighted by molar-refractivity contribution is 0.00667. The number of carbonyl (C=O) groups is 1. The number of aliphatic hydroxyl groups excluding tert-OH is 1. The van der Waals surface area contributed by atoms with Crippen LogP contribution in [0.3, 0.4) is 0 Å². The first-order chi connectivity index (χ1) is 15.1. The Labute approximate surface area is 187 Å². The van der Waals surface area contributed by atoms with Gasteiger partial charge in [-0.3, -0.25) is 9.78 Å². The fraction of sp³-hybridized carbons (Fsp3) is 0.400. The maximum absolute atomic E-state index is 13.7. The number of fused-ring (bicyclic) bond motifs is 3. The van der Waals surface area contributed by atoms with E-state index >= 15 is 0 Å². The topological polar surface area (TPSA) is 66.3 Å². The van der Waals surface area contributed by atoms with Crippen LogP contribution in [0.5, 0.6) is 0 Å². The first-order valence-corrected chi connectivity index (χ1v) is 11.5. The van der Waals surface area contributed by atoms with E-state index in [1.165, 1.54) is 0 Å². The van der Waals surface area contributed by atoms with E-state index in [4.69, 9.17) is 16.6 Å². The lowest BCUT2D eigenvalue weighted by Gasteiger charge is -2.38. The molecule has 160 valence electrons. The average Bonchev–Trinajstić information content (AvgIpc) is 3.07. The maximum Gasteiger partial charge on any atom is 0.255 e. The van der Waals surface area contributed by atoms with E-state index in [1.54, 1.807) is 18.5 Å². The van der Waals surface area contributed by atoms with Crippen molar-refractivity contribution in [3.05, 3.63) is 70.1 Å². The Morgan fingerprint density at radius 2 is 2.03 bits per heavy atom. The minimum Gasteiger partial charge on any atom is -0.391 e. The number of rotatable bonds is 4. The molecule has 1 aliphatic heterocycles. The van der Waals surface area contributed by atoms with Crippen LogP contribution in [-0.4, -0.2) is 38.0 Å². The Kier molecular flexibility index (Phi) is 5.40. The van der Waals surface area contributed by atoms with Gasteiger partial charge < -0.3 is 10.0 Å². The second-order valence-corrected chi connectivity index (χ2v) is 9.01. The average molecular weight is 436 g/mol. The highest BCUT2D eigenvalue weighted by atomic mass is 35.5. The van der Waals surface area contributed by atoms with Gasteiger partial charge in [0, 0.05) is 28.9 Å². The highest BCUT2D eigenvalue weighted by Gasteiger charge is 2.44. The fourth-order valence-corrected chi connectivity index (χ4v) is 5.46. The van der Waals surface area contributed by atoms with Crippen LogP contribution in [-0.2, 0) is 6.42 Å². The lowest BCUT2D eigenvalue weighted by Crippen LogP contribution is -2.47. The highest BCUT2D eigenvalue weighted by Crippen LogP contribution is 2.44. The van der Waals surface area contributed by atoms with Gasteiger partial charge in [0.15, 0.2) is 0 Å². The number of halogens is 1. The van der Waals surface area contributed by atoms with Crippen molar-refractivity contribution >= 4 is 28.4 Å². The smallest absolute Gasteiger partial charge is 0.255 e. The van der Waals surface area contributed by atoms with E-state index in [1.807, 2.05) is 23.1 Å². The fourth-order valence-electron chi connectivity index (χ4n) is 5.35. The number of aliphatic hydroxyl groups is 1. The van der Waals surface area contributed by atoms with Gasteiger partial charge in [-0.1, -0.05) is 43.5 Å². The molecule has 5 rings (SSSR count). The minimum atomic E-state index is -0.458. The number of aromatic nitrogens is 2. The van der Waals surface area contributed by atoms with Gasteiger partial charge in [-0.15, -0.1) is 0 Å². The van der Waals surface area contributed by atoms with Crippen molar-refractivity contribution in [2.24, 2.45) is 0 Å². The van der Waals surface area contributed by atoms with Gasteiger partial charge in [-0.05, 0) is 55.0 Å². The van der Waals surface area contributed by atoms with Crippen molar-refractivity contribution in [2.45, 2.75) is 63.6 Å². The summed E-state index contributed by atoms with van der Waals surface area (Å²) in [7, 11) is 0. The predicted molar refractivity (Wildman–Crippen MR) is 121 cm³/mol. The highest BCUT2D eigenvalue weighted by molar-refractivity contribution is 6.29. The molecule has 1 fully saturated rings. The van der Waals surface area contributed by atoms with Gasteiger partial charge in [0.05, 0.1) is 23.7 Å². The number of pyridine rings is 2. The van der Waals surface area contributed by atoms with Crippen molar-refractivity contribution in [1.29, 1.82) is 0 Å². The molecule has 0 spiro atoms. The van der Waals surface area contributed by atoms with Crippen molar-refractivity contribution in [3.63, 3.8) is 0 Å². The summed E-state index contributed by atoms with van der Waals surface area (Å²) in [6.45, 7) is 2.11. The molecule has 2 aromatic heterocycles. The Bertz CT molecular complexity index is 1130. The third kappa shape index (κ3) is 3.50. The summed E-state index contributed by atoms with van der Waals surface area (Å²) in [4.78, 5) is 24.5. The van der Waals surface area contributed by atoms with Crippen LogP contribution in [0.2, 0.25) is 5.15 Å². The van der Waals surface area contributed by atoms with Crippen LogP contribution in [0.4, 0.5) is 0 Å². The van der Waals surface area contributed by atoms with E-state index in [2.05, 4.69) is 18.0 Å². The molecule has 0 bridgehead atoms. The van der Waals surface area contributed by atoms with Crippen molar-refractivity contribution in [3.8, 4) is 0 Å². The Balaban J connectivity index is 1.63. The number of carbonyl (C=O) groups excluding carboxylic acids is 1. The lowest BCUT2D eigenvalue weighted by atomic mass is 9.90. The summed E-state index contributed by atoms with van der Waals surface area (Å²) in [5.74, 6) is 0.0239. The quantitative estimate of drug-likeness (QED) is 0.580. The Morgan fingerprint density at radius 1 is 1.19 bits per heavy atom. The van der Waals surface area contributed by atoms with E-state index in [9.17, 15) is 9.90 Å². The largest absolute Gasteiger partial charge is 0.391 e. The SMILES string of the molecule is CCC1c2c(cc(Cc3ccc(Cl)nc3)c3cccnc23)C(=O)N1C1CCCCC1O. The molecule has 6 heteroatoms. The first kappa shape index (κ1) is 20.4. The zero-order chi connectivity index (χ0) is 21.5. The summed E-state index contributed by atoms with van der Waals surface area (Å²) < 4.78 is 0. The first-order valence-electron chi connectivity index (χ1n) is 11.1. The second kappa shape index (κ2) is 8.21. The molecule has 1 N–H and O–H groups in total. The standard InChI is InChI=1S/C25H26ClN3O2/c1-2-19-23-18(25(31)29(19)20-7-3-4-8-21(20)30)13-16(17-6-5-11-27-24(17)23)12-15-9-10-22(26)28-14-15/h5-6,9-11,13-14,19-21,30H,2-4,7-8,12H2,1H3. The van der Waals surface area contributed by atoms with Crippen molar-refractivity contribution < 1.29 is 9.90 Å². The van der Waals surface area contributed by atoms with Gasteiger partial charge >= 0.3 is 0 Å². The zero-order valence-electron chi connectivity index (χ0n) is 17.6. The second-order valence-electron chi connectivity index (χ2n) is 8.62. The molecule has 0 radical (unpaired) electrons. The van der Waals surface area contributed by atoms with E-state index in [-0.39, 0.29) is 18.0 Å². The van der Waals surface area contributed by atoms with E-state index in [0.717, 1.165) is 65.3 Å². The molecular weight excluding hydrogens is 410 g/mol. The van der Waals surface area contributed by atoms with Gasteiger partial charge in [-0.25, -0.2) is 4.98 Å². The maximum atomic E-state index is 13.7. The minimum absolute atomic E-state index is 0.0239. The summed E-state index contributed by atoms with van der Waals surface area (Å²) >= 11 is 5.95. The molecule has 1 aliphatic carbocycles. The van der Waals surface area contributed by atoms with E-state index < -0.39 is 6.10 Å². The molecular formula is C25H26ClN3O2. The van der Waals surface area contributed by atoms with Crippen LogP contribution in [0.15, 0.2) is 42.7 Å². The molecule has 1 aromatic carbocycles. The number of hydrogen-bond acceptors (Lipinski definition) is 4. The molecule has 1 amide bonds. The van der Waals surface area contributed by atoms with E-state index in [0.29, 0.717) is 11.6 Å². The van der Waals surface area contributed by atoms with Crippen LogP contribution >= 0.6 is 11.6 Å². The molecule has 3 heterocycles. The van der Waals surface area contributed by atoms with Crippen LogP contribution in [0.1, 0.15) is 72.1 Å². The Morgan fingerprint density at radius 3 is 2.77 bits per heavy atom. The van der Waals surface area contributed by atoms with Crippen LogP contribution in [0, 0.1) is 0 Å². The third-order valence-corrected chi connectivity index (χ3v) is 7.00. The van der Waals surface area contributed by atoms with Crippen molar-refractivity contribution in [2.75, 3.05) is 0 Å². The van der Waals surface area contributed by atoms with Crippen LogP contribution < -0.4 is 0 Å². The zero-order valence-corrected chi connectivity index (χ0v) is 18.3.